The monoisotopic (exact) mass is 492 g/mol. The molecular weight excluding hydrogens is 452 g/mol. The minimum Gasteiger partial charge on any atom is -0.491 e. The van der Waals surface area contributed by atoms with Gasteiger partial charge < -0.3 is 20.1 Å². The number of nitrogens with zero attached hydrogens (tertiary/aromatic N) is 2. The lowest BCUT2D eigenvalue weighted by atomic mass is 9.96. The number of hydrogen-bond acceptors (Lipinski definition) is 6. The first-order valence-corrected chi connectivity index (χ1v) is 13.6. The summed E-state index contributed by atoms with van der Waals surface area (Å²) in [6, 6.07) is 17.7. The zero-order valence-electron chi connectivity index (χ0n) is 21.3. The van der Waals surface area contributed by atoms with Gasteiger partial charge in [-0.15, -0.1) is 0 Å². The molecule has 36 heavy (non-hydrogen) atoms. The highest BCUT2D eigenvalue weighted by atomic mass is 16.5. The Hall–Kier alpha value is -2.61. The van der Waals surface area contributed by atoms with E-state index in [1.54, 1.807) is 0 Å². The lowest BCUT2D eigenvalue weighted by Crippen LogP contribution is -2.43. The molecule has 7 nitrogen and oxygen atoms in total. The second kappa shape index (κ2) is 12.6. The normalized spacial score (nSPS) is 24.6. The van der Waals surface area contributed by atoms with Crippen LogP contribution in [0.3, 0.4) is 0 Å². The van der Waals surface area contributed by atoms with E-state index in [2.05, 4.69) is 69.0 Å². The quantitative estimate of drug-likeness (QED) is 0.681. The van der Waals surface area contributed by atoms with E-state index in [0.717, 1.165) is 76.4 Å². The Labute approximate surface area is 215 Å². The van der Waals surface area contributed by atoms with E-state index in [0.29, 0.717) is 32.4 Å². The number of benzene rings is 2. The van der Waals surface area contributed by atoms with Crippen molar-refractivity contribution in [2.45, 2.75) is 44.8 Å². The molecule has 2 fully saturated rings. The lowest BCUT2D eigenvalue weighted by molar-refractivity contribution is -0.127. The largest absolute Gasteiger partial charge is 0.491 e. The smallest absolute Gasteiger partial charge is 0.224 e. The summed E-state index contributed by atoms with van der Waals surface area (Å²) in [5.41, 5.74) is 3.72. The van der Waals surface area contributed by atoms with Gasteiger partial charge in [-0.2, -0.15) is 0 Å². The molecule has 1 amide bonds. The fourth-order valence-corrected chi connectivity index (χ4v) is 5.60. The molecule has 0 saturated carbocycles. The molecule has 7 heteroatoms. The third-order valence-electron chi connectivity index (χ3n) is 7.57. The molecule has 0 radical (unpaired) electrons. The van der Waals surface area contributed by atoms with E-state index in [1.807, 2.05) is 0 Å². The maximum absolute atomic E-state index is 12.6. The molecule has 2 N–H and O–H groups in total. The number of rotatable bonds is 4. The molecule has 0 aromatic heterocycles. The molecule has 2 bridgehead atoms. The number of ether oxygens (including phenoxy) is 2. The summed E-state index contributed by atoms with van der Waals surface area (Å²) in [6.45, 7) is 7.97. The van der Waals surface area contributed by atoms with Gasteiger partial charge in [-0.05, 0) is 56.0 Å². The molecule has 5 rings (SSSR count). The highest BCUT2D eigenvalue weighted by Gasteiger charge is 2.26. The molecule has 2 atom stereocenters. The number of carbonyl (C=O) groups excluding carboxylic acids is 1. The summed E-state index contributed by atoms with van der Waals surface area (Å²) in [7, 11) is 0. The molecular formula is C29H40N4O3. The van der Waals surface area contributed by atoms with Crippen molar-refractivity contribution >= 4 is 11.6 Å². The van der Waals surface area contributed by atoms with Crippen LogP contribution in [0.5, 0.6) is 5.75 Å². The molecule has 2 unspecified atom stereocenters. The zero-order valence-corrected chi connectivity index (χ0v) is 21.3. The van der Waals surface area contributed by atoms with E-state index in [4.69, 9.17) is 9.47 Å². The van der Waals surface area contributed by atoms with Crippen LogP contribution in [0.1, 0.15) is 36.8 Å². The molecule has 3 aliphatic heterocycles. The Kier molecular flexibility index (Phi) is 8.75. The fourth-order valence-electron chi connectivity index (χ4n) is 5.60. The van der Waals surface area contributed by atoms with Gasteiger partial charge in [0.05, 0.1) is 19.1 Å². The van der Waals surface area contributed by atoms with Gasteiger partial charge in [0.2, 0.25) is 5.91 Å². The van der Waals surface area contributed by atoms with Gasteiger partial charge in [0.25, 0.3) is 0 Å². The van der Waals surface area contributed by atoms with E-state index >= 15 is 0 Å². The van der Waals surface area contributed by atoms with Crippen molar-refractivity contribution in [2.24, 2.45) is 5.92 Å². The Morgan fingerprint density at radius 2 is 1.83 bits per heavy atom. The van der Waals surface area contributed by atoms with E-state index in [1.165, 1.54) is 11.1 Å². The van der Waals surface area contributed by atoms with Crippen LogP contribution >= 0.6 is 0 Å². The van der Waals surface area contributed by atoms with Crippen LogP contribution in [0.25, 0.3) is 0 Å². The number of hydrogen-bond donors (Lipinski definition) is 2. The number of fused-ring (bicyclic) bond motifs is 3. The average Bonchev–Trinajstić information content (AvgIpc) is 2.90. The average molecular weight is 493 g/mol. The SMILES string of the molecule is O=C1NCCOCCOc2ccc(NC3CCN(Cc4ccccc4)CC3)cc2CN2CCCC1C2. The topological polar surface area (TPSA) is 66.1 Å². The molecule has 0 aliphatic carbocycles. The van der Waals surface area contributed by atoms with Crippen LogP contribution in [0.2, 0.25) is 0 Å². The Morgan fingerprint density at radius 3 is 2.69 bits per heavy atom. The zero-order chi connectivity index (χ0) is 24.6. The van der Waals surface area contributed by atoms with Gasteiger partial charge in [-0.1, -0.05) is 30.3 Å². The van der Waals surface area contributed by atoms with Crippen molar-refractivity contribution in [1.29, 1.82) is 0 Å². The first-order chi connectivity index (χ1) is 17.7. The van der Waals surface area contributed by atoms with Crippen LogP contribution in [-0.2, 0) is 22.6 Å². The summed E-state index contributed by atoms with van der Waals surface area (Å²) in [5, 5.41) is 6.83. The maximum atomic E-state index is 12.6. The van der Waals surface area contributed by atoms with Gasteiger partial charge in [0.1, 0.15) is 12.4 Å². The number of anilines is 1. The number of nitrogens with one attached hydrogen (secondary N) is 2. The van der Waals surface area contributed by atoms with Crippen LogP contribution in [0.4, 0.5) is 5.69 Å². The second-order valence-electron chi connectivity index (χ2n) is 10.3. The van der Waals surface area contributed by atoms with Crippen molar-refractivity contribution in [3.05, 3.63) is 59.7 Å². The van der Waals surface area contributed by atoms with Gasteiger partial charge in [0, 0.05) is 56.6 Å². The third kappa shape index (κ3) is 6.99. The molecule has 3 aliphatic rings. The second-order valence-corrected chi connectivity index (χ2v) is 10.3. The first-order valence-electron chi connectivity index (χ1n) is 13.6. The number of carbonyl (C=O) groups is 1. The summed E-state index contributed by atoms with van der Waals surface area (Å²) in [6.07, 6.45) is 4.28. The lowest BCUT2D eigenvalue weighted by Gasteiger charge is -2.34. The third-order valence-corrected chi connectivity index (χ3v) is 7.57. The van der Waals surface area contributed by atoms with Crippen molar-refractivity contribution in [3.8, 4) is 5.75 Å². The number of likely N-dealkylation sites (tertiary alicyclic amines) is 1. The summed E-state index contributed by atoms with van der Waals surface area (Å²) in [4.78, 5) is 17.6. The highest BCUT2D eigenvalue weighted by Crippen LogP contribution is 2.28. The van der Waals surface area contributed by atoms with E-state index in [-0.39, 0.29) is 11.8 Å². The van der Waals surface area contributed by atoms with Crippen molar-refractivity contribution in [3.63, 3.8) is 0 Å². The van der Waals surface area contributed by atoms with Gasteiger partial charge >= 0.3 is 0 Å². The predicted octanol–water partition coefficient (Wildman–Crippen LogP) is 3.50. The molecule has 2 saturated heterocycles. The van der Waals surface area contributed by atoms with E-state index < -0.39 is 0 Å². The minimum absolute atomic E-state index is 0.0495. The molecule has 2 aromatic rings. The Balaban J connectivity index is 1.22. The fraction of sp³-hybridized carbons (Fsp3) is 0.552. The van der Waals surface area contributed by atoms with Crippen LogP contribution in [0.15, 0.2) is 48.5 Å². The molecule has 0 spiro atoms. The highest BCUT2D eigenvalue weighted by molar-refractivity contribution is 5.78. The van der Waals surface area contributed by atoms with Crippen molar-refractivity contribution < 1.29 is 14.3 Å². The molecule has 3 heterocycles. The first kappa shape index (κ1) is 25.1. The molecule has 2 aromatic carbocycles. The van der Waals surface area contributed by atoms with E-state index in [9.17, 15) is 4.79 Å². The Bertz CT molecular complexity index is 978. The number of amides is 1. The number of piperidine rings is 2. The Morgan fingerprint density at radius 1 is 0.972 bits per heavy atom. The van der Waals surface area contributed by atoms with Crippen LogP contribution in [0, 0.1) is 5.92 Å². The summed E-state index contributed by atoms with van der Waals surface area (Å²) < 4.78 is 11.8. The predicted molar refractivity (Wildman–Crippen MR) is 142 cm³/mol. The standard InChI is InChI=1S/C29H40N4O3/c34-29-24-7-4-13-33(21-24)22-25-19-27(8-9-28(25)36-18-17-35-16-12-30-29)31-26-10-14-32(15-11-26)20-23-5-2-1-3-6-23/h1-3,5-6,8-9,19,24,26,31H,4,7,10-18,20-22H2,(H,30,34). The van der Waals surface area contributed by atoms with Gasteiger partial charge in [0.15, 0.2) is 0 Å². The summed E-state index contributed by atoms with van der Waals surface area (Å²) in [5.74, 6) is 1.13. The molecule has 194 valence electrons. The minimum atomic E-state index is 0.0495. The van der Waals surface area contributed by atoms with Crippen LogP contribution < -0.4 is 15.4 Å². The van der Waals surface area contributed by atoms with Crippen LogP contribution in [-0.4, -0.2) is 74.3 Å². The summed E-state index contributed by atoms with van der Waals surface area (Å²) >= 11 is 0. The van der Waals surface area contributed by atoms with Crippen molar-refractivity contribution in [1.82, 2.24) is 15.1 Å². The maximum Gasteiger partial charge on any atom is 0.224 e. The van der Waals surface area contributed by atoms with Gasteiger partial charge in [-0.3, -0.25) is 14.6 Å². The van der Waals surface area contributed by atoms with Gasteiger partial charge in [-0.25, -0.2) is 0 Å². The van der Waals surface area contributed by atoms with Crippen molar-refractivity contribution in [2.75, 3.05) is 57.9 Å².